The van der Waals surface area contributed by atoms with Crippen molar-refractivity contribution in [2.45, 2.75) is 0 Å². The molecule has 120 valence electrons. The van der Waals surface area contributed by atoms with E-state index in [2.05, 4.69) is 33.5 Å². The van der Waals surface area contributed by atoms with Crippen LogP contribution in [0.15, 0.2) is 85.2 Å². The first-order valence-corrected chi connectivity index (χ1v) is 7.97. The maximum absolute atomic E-state index is 12.2. The van der Waals surface area contributed by atoms with E-state index in [9.17, 15) is 4.79 Å². The second kappa shape index (κ2) is 6.53. The number of pyridine rings is 2. The zero-order valence-corrected chi connectivity index (χ0v) is 13.4. The molecule has 0 aliphatic heterocycles. The van der Waals surface area contributed by atoms with Crippen molar-refractivity contribution in [2.75, 3.05) is 5.32 Å². The zero-order valence-electron chi connectivity index (χ0n) is 13.4. The van der Waals surface area contributed by atoms with Crippen molar-refractivity contribution in [1.29, 1.82) is 0 Å². The van der Waals surface area contributed by atoms with Gasteiger partial charge in [0.25, 0.3) is 5.91 Å². The molecule has 0 saturated heterocycles. The molecule has 1 amide bonds. The normalized spacial score (nSPS) is 10.6. The van der Waals surface area contributed by atoms with Gasteiger partial charge in [0.15, 0.2) is 0 Å². The Morgan fingerprint density at radius 1 is 0.800 bits per heavy atom. The fraction of sp³-hybridized carbons (Fsp3) is 0. The molecule has 0 atom stereocenters. The molecule has 2 aromatic carbocycles. The summed E-state index contributed by atoms with van der Waals surface area (Å²) in [4.78, 5) is 20.8. The van der Waals surface area contributed by atoms with Gasteiger partial charge >= 0.3 is 0 Å². The minimum absolute atomic E-state index is 0.235. The van der Waals surface area contributed by atoms with Crippen LogP contribution in [0.2, 0.25) is 0 Å². The SMILES string of the molecule is O=C(Nc1ccc2cc(-c3ccccc3)cnc2c1)c1ccccn1. The largest absolute Gasteiger partial charge is 0.321 e. The topological polar surface area (TPSA) is 54.9 Å². The van der Waals surface area contributed by atoms with Crippen LogP contribution in [0, 0.1) is 0 Å². The zero-order chi connectivity index (χ0) is 17.1. The Labute approximate surface area is 145 Å². The average molecular weight is 325 g/mol. The standard InChI is InChI=1S/C21H15N3O/c25-21(19-8-4-5-11-22-19)24-18-10-9-16-12-17(14-23-20(16)13-18)15-6-2-1-3-7-15/h1-14H,(H,24,25). The minimum Gasteiger partial charge on any atom is -0.321 e. The molecule has 4 rings (SSSR count). The summed E-state index contributed by atoms with van der Waals surface area (Å²) in [5.74, 6) is -0.235. The number of anilines is 1. The van der Waals surface area contributed by atoms with Gasteiger partial charge in [-0.15, -0.1) is 0 Å². The van der Waals surface area contributed by atoms with E-state index in [1.807, 2.05) is 42.6 Å². The van der Waals surface area contributed by atoms with Gasteiger partial charge < -0.3 is 5.32 Å². The van der Waals surface area contributed by atoms with Crippen molar-refractivity contribution in [3.63, 3.8) is 0 Å². The van der Waals surface area contributed by atoms with Gasteiger partial charge in [-0.3, -0.25) is 14.8 Å². The second-order valence-electron chi connectivity index (χ2n) is 5.67. The second-order valence-corrected chi connectivity index (χ2v) is 5.67. The fourth-order valence-corrected chi connectivity index (χ4v) is 2.68. The van der Waals surface area contributed by atoms with Crippen molar-refractivity contribution in [3.8, 4) is 11.1 Å². The molecular formula is C21H15N3O. The van der Waals surface area contributed by atoms with Gasteiger partial charge in [-0.05, 0) is 35.9 Å². The highest BCUT2D eigenvalue weighted by atomic mass is 16.1. The van der Waals surface area contributed by atoms with Crippen LogP contribution >= 0.6 is 0 Å². The number of nitrogens with one attached hydrogen (secondary N) is 1. The number of hydrogen-bond acceptors (Lipinski definition) is 3. The number of nitrogens with zero attached hydrogens (tertiary/aromatic N) is 2. The van der Waals surface area contributed by atoms with Crippen molar-refractivity contribution in [2.24, 2.45) is 0 Å². The molecule has 4 aromatic rings. The van der Waals surface area contributed by atoms with E-state index in [0.717, 1.165) is 22.0 Å². The van der Waals surface area contributed by atoms with E-state index in [1.165, 1.54) is 0 Å². The highest BCUT2D eigenvalue weighted by Gasteiger charge is 2.08. The van der Waals surface area contributed by atoms with Gasteiger partial charge in [0.2, 0.25) is 0 Å². The molecule has 2 heterocycles. The van der Waals surface area contributed by atoms with Crippen LogP contribution in [0.5, 0.6) is 0 Å². The molecule has 0 fully saturated rings. The van der Waals surface area contributed by atoms with Gasteiger partial charge in [-0.1, -0.05) is 42.5 Å². The minimum atomic E-state index is -0.235. The van der Waals surface area contributed by atoms with Crippen LogP contribution in [0.1, 0.15) is 10.5 Å². The van der Waals surface area contributed by atoms with E-state index >= 15 is 0 Å². The highest BCUT2D eigenvalue weighted by molar-refractivity contribution is 6.03. The monoisotopic (exact) mass is 325 g/mol. The van der Waals surface area contributed by atoms with Crippen LogP contribution in [0.25, 0.3) is 22.0 Å². The van der Waals surface area contributed by atoms with Crippen molar-refractivity contribution in [3.05, 3.63) is 90.9 Å². The van der Waals surface area contributed by atoms with Gasteiger partial charge in [-0.2, -0.15) is 0 Å². The molecule has 25 heavy (non-hydrogen) atoms. The summed E-state index contributed by atoms with van der Waals surface area (Å²) in [5, 5.41) is 3.88. The summed E-state index contributed by atoms with van der Waals surface area (Å²) in [5.41, 5.74) is 4.11. The summed E-state index contributed by atoms with van der Waals surface area (Å²) >= 11 is 0. The van der Waals surface area contributed by atoms with Gasteiger partial charge in [0.1, 0.15) is 5.69 Å². The number of hydrogen-bond donors (Lipinski definition) is 1. The quantitative estimate of drug-likeness (QED) is 0.601. The first kappa shape index (κ1) is 15.0. The molecule has 4 heteroatoms. The summed E-state index contributed by atoms with van der Waals surface area (Å²) < 4.78 is 0. The summed E-state index contributed by atoms with van der Waals surface area (Å²) in [6, 6.07) is 23.2. The van der Waals surface area contributed by atoms with Crippen LogP contribution < -0.4 is 5.32 Å². The molecule has 0 aliphatic carbocycles. The Morgan fingerprint density at radius 2 is 1.64 bits per heavy atom. The number of rotatable bonds is 3. The number of amides is 1. The van der Waals surface area contributed by atoms with Crippen LogP contribution in [-0.2, 0) is 0 Å². The van der Waals surface area contributed by atoms with Gasteiger partial charge in [0.05, 0.1) is 5.52 Å². The third kappa shape index (κ3) is 3.23. The lowest BCUT2D eigenvalue weighted by Crippen LogP contribution is -2.13. The fourth-order valence-electron chi connectivity index (χ4n) is 2.68. The van der Waals surface area contributed by atoms with Crippen molar-refractivity contribution in [1.82, 2.24) is 9.97 Å². The Morgan fingerprint density at radius 3 is 2.44 bits per heavy atom. The summed E-state index contributed by atoms with van der Waals surface area (Å²) in [7, 11) is 0. The Hall–Kier alpha value is -3.53. The molecule has 0 saturated carbocycles. The molecular weight excluding hydrogens is 310 g/mol. The third-order valence-corrected chi connectivity index (χ3v) is 3.95. The van der Waals surface area contributed by atoms with E-state index in [0.29, 0.717) is 11.4 Å². The molecule has 0 bridgehead atoms. The number of carbonyl (C=O) groups excluding carboxylic acids is 1. The predicted molar refractivity (Wildman–Crippen MR) is 99.4 cm³/mol. The van der Waals surface area contributed by atoms with Crippen molar-refractivity contribution >= 4 is 22.5 Å². The molecule has 4 nitrogen and oxygen atoms in total. The number of benzene rings is 2. The first-order valence-electron chi connectivity index (χ1n) is 7.97. The van der Waals surface area contributed by atoms with Crippen molar-refractivity contribution < 1.29 is 4.79 Å². The lowest BCUT2D eigenvalue weighted by atomic mass is 10.1. The average Bonchev–Trinajstić information content (AvgIpc) is 2.69. The number of fused-ring (bicyclic) bond motifs is 1. The smallest absolute Gasteiger partial charge is 0.274 e. The molecule has 0 spiro atoms. The number of carbonyl (C=O) groups is 1. The maximum Gasteiger partial charge on any atom is 0.274 e. The molecule has 0 aliphatic rings. The van der Waals surface area contributed by atoms with Crippen LogP contribution in [0.4, 0.5) is 5.69 Å². The molecule has 0 radical (unpaired) electrons. The maximum atomic E-state index is 12.2. The summed E-state index contributed by atoms with van der Waals surface area (Å²) in [6.07, 6.45) is 3.45. The van der Waals surface area contributed by atoms with E-state index < -0.39 is 0 Å². The van der Waals surface area contributed by atoms with Crippen LogP contribution in [-0.4, -0.2) is 15.9 Å². The highest BCUT2D eigenvalue weighted by Crippen LogP contribution is 2.24. The van der Waals surface area contributed by atoms with E-state index in [4.69, 9.17) is 0 Å². The molecule has 1 N–H and O–H groups in total. The number of aromatic nitrogens is 2. The van der Waals surface area contributed by atoms with E-state index in [-0.39, 0.29) is 5.91 Å². The predicted octanol–water partition coefficient (Wildman–Crippen LogP) is 4.55. The third-order valence-electron chi connectivity index (χ3n) is 3.95. The lowest BCUT2D eigenvalue weighted by Gasteiger charge is -2.07. The van der Waals surface area contributed by atoms with Gasteiger partial charge in [0, 0.05) is 29.0 Å². The Bertz CT molecular complexity index is 1030. The Kier molecular flexibility index (Phi) is 3.92. The van der Waals surface area contributed by atoms with Gasteiger partial charge in [-0.25, -0.2) is 0 Å². The molecule has 2 aromatic heterocycles. The lowest BCUT2D eigenvalue weighted by molar-refractivity contribution is 0.102. The van der Waals surface area contributed by atoms with E-state index in [1.54, 1.807) is 24.4 Å². The van der Waals surface area contributed by atoms with Crippen LogP contribution in [0.3, 0.4) is 0 Å². The Balaban J connectivity index is 1.62. The first-order chi connectivity index (χ1) is 12.3. The summed E-state index contributed by atoms with van der Waals surface area (Å²) in [6.45, 7) is 0. The molecule has 0 unspecified atom stereocenters.